The summed E-state index contributed by atoms with van der Waals surface area (Å²) in [7, 11) is 0. The summed E-state index contributed by atoms with van der Waals surface area (Å²) in [5.74, 6) is -0.512. The highest BCUT2D eigenvalue weighted by molar-refractivity contribution is 9.10. The fourth-order valence-electron chi connectivity index (χ4n) is 1.81. The van der Waals surface area contributed by atoms with Crippen LogP contribution in [0.5, 0.6) is 0 Å². The standard InChI is InChI=1S/C15H20BrN3O4S/c1-9-7-10(3-4-11(9)16)18-13(20)8-23-14(21)12(5-6-24-2)19-15(17)22/h3-4,7,12H,5-6,8H2,1-2H3,(H,18,20)(H3,17,19,22)/t12-/m1/s1. The Labute approximate surface area is 153 Å². The Kier molecular flexibility index (Phi) is 8.62. The number of nitrogens with one attached hydrogen (secondary N) is 2. The van der Waals surface area contributed by atoms with Gasteiger partial charge in [-0.3, -0.25) is 4.79 Å². The third-order valence-electron chi connectivity index (χ3n) is 3.00. The molecular formula is C15H20BrN3O4S. The van der Waals surface area contributed by atoms with Gasteiger partial charge in [-0.25, -0.2) is 9.59 Å². The molecule has 0 aliphatic carbocycles. The Hall–Kier alpha value is -1.74. The number of carbonyl (C=O) groups is 3. The smallest absolute Gasteiger partial charge is 0.329 e. The molecule has 9 heteroatoms. The zero-order valence-corrected chi connectivity index (χ0v) is 15.8. The van der Waals surface area contributed by atoms with E-state index in [1.165, 1.54) is 11.8 Å². The van der Waals surface area contributed by atoms with Crippen LogP contribution in [-0.2, 0) is 14.3 Å². The Morgan fingerprint density at radius 3 is 2.67 bits per heavy atom. The first-order chi connectivity index (χ1) is 11.3. The minimum Gasteiger partial charge on any atom is -0.454 e. The predicted octanol–water partition coefficient (Wildman–Crippen LogP) is 2.03. The minimum absolute atomic E-state index is 0.371. The van der Waals surface area contributed by atoms with E-state index in [1.807, 2.05) is 19.2 Å². The highest BCUT2D eigenvalue weighted by atomic mass is 79.9. The monoisotopic (exact) mass is 417 g/mol. The average Bonchev–Trinajstić information content (AvgIpc) is 2.52. The summed E-state index contributed by atoms with van der Waals surface area (Å²) < 4.78 is 5.88. The number of hydrogen-bond acceptors (Lipinski definition) is 5. The van der Waals surface area contributed by atoms with Gasteiger partial charge < -0.3 is 21.1 Å². The zero-order chi connectivity index (χ0) is 18.1. The highest BCUT2D eigenvalue weighted by Gasteiger charge is 2.21. The van der Waals surface area contributed by atoms with E-state index < -0.39 is 30.6 Å². The summed E-state index contributed by atoms with van der Waals surface area (Å²) in [5.41, 5.74) is 6.61. The second kappa shape index (κ2) is 10.2. The van der Waals surface area contributed by atoms with Gasteiger partial charge in [0.1, 0.15) is 6.04 Å². The lowest BCUT2D eigenvalue weighted by Crippen LogP contribution is -2.45. The summed E-state index contributed by atoms with van der Waals surface area (Å²) in [5, 5.41) is 4.95. The normalized spacial score (nSPS) is 11.5. The van der Waals surface area contributed by atoms with E-state index in [9.17, 15) is 14.4 Å². The first-order valence-electron chi connectivity index (χ1n) is 7.11. The second-order valence-corrected chi connectivity index (χ2v) is 6.80. The van der Waals surface area contributed by atoms with Crippen molar-refractivity contribution >= 4 is 51.3 Å². The molecule has 0 unspecified atom stereocenters. The van der Waals surface area contributed by atoms with Crippen LogP contribution in [0.15, 0.2) is 22.7 Å². The molecule has 1 aromatic carbocycles. The molecule has 0 spiro atoms. The number of benzene rings is 1. The van der Waals surface area contributed by atoms with Gasteiger partial charge in [0.15, 0.2) is 6.61 Å². The number of nitrogens with two attached hydrogens (primary N) is 1. The minimum atomic E-state index is -0.863. The molecule has 24 heavy (non-hydrogen) atoms. The molecule has 0 radical (unpaired) electrons. The number of primary amides is 1. The molecule has 0 heterocycles. The van der Waals surface area contributed by atoms with Crippen LogP contribution in [0.4, 0.5) is 10.5 Å². The van der Waals surface area contributed by atoms with Crippen molar-refractivity contribution in [2.75, 3.05) is 23.9 Å². The van der Waals surface area contributed by atoms with E-state index in [4.69, 9.17) is 10.5 Å². The lowest BCUT2D eigenvalue weighted by atomic mass is 10.2. The fourth-order valence-corrected chi connectivity index (χ4v) is 2.53. The summed E-state index contributed by atoms with van der Waals surface area (Å²) in [6.07, 6.45) is 2.25. The fraction of sp³-hybridized carbons (Fsp3) is 0.400. The van der Waals surface area contributed by atoms with Crippen LogP contribution >= 0.6 is 27.7 Å². The zero-order valence-electron chi connectivity index (χ0n) is 13.4. The molecule has 0 bridgehead atoms. The molecule has 1 atom stereocenters. The van der Waals surface area contributed by atoms with Gasteiger partial charge in [-0.05, 0) is 49.1 Å². The molecule has 1 aromatic rings. The summed E-state index contributed by atoms with van der Waals surface area (Å²) in [6.45, 7) is 1.45. The lowest BCUT2D eigenvalue weighted by molar-refractivity contribution is -0.149. The molecule has 0 saturated heterocycles. The number of thioether (sulfide) groups is 1. The Bertz CT molecular complexity index is 612. The maximum Gasteiger partial charge on any atom is 0.329 e. The molecule has 132 valence electrons. The number of anilines is 1. The van der Waals surface area contributed by atoms with E-state index in [0.717, 1.165) is 10.0 Å². The Balaban J connectivity index is 2.52. The van der Waals surface area contributed by atoms with Gasteiger partial charge in [-0.1, -0.05) is 15.9 Å². The van der Waals surface area contributed by atoms with Crippen molar-refractivity contribution in [1.29, 1.82) is 0 Å². The number of esters is 1. The third kappa shape index (κ3) is 7.22. The average molecular weight is 418 g/mol. The molecule has 4 N–H and O–H groups in total. The van der Waals surface area contributed by atoms with Gasteiger partial charge in [0, 0.05) is 10.2 Å². The highest BCUT2D eigenvalue weighted by Crippen LogP contribution is 2.19. The molecule has 0 aliphatic rings. The summed E-state index contributed by atoms with van der Waals surface area (Å²) in [6, 6.07) is 3.66. The van der Waals surface area contributed by atoms with Crippen molar-refractivity contribution < 1.29 is 19.1 Å². The molecule has 0 fully saturated rings. The van der Waals surface area contributed by atoms with E-state index in [2.05, 4.69) is 26.6 Å². The van der Waals surface area contributed by atoms with Crippen molar-refractivity contribution in [3.05, 3.63) is 28.2 Å². The maximum absolute atomic E-state index is 12.0. The van der Waals surface area contributed by atoms with Crippen LogP contribution in [0.25, 0.3) is 0 Å². The Morgan fingerprint density at radius 2 is 2.08 bits per heavy atom. The van der Waals surface area contributed by atoms with E-state index in [1.54, 1.807) is 12.1 Å². The molecular weight excluding hydrogens is 398 g/mol. The first-order valence-corrected chi connectivity index (χ1v) is 9.29. The van der Waals surface area contributed by atoms with Crippen molar-refractivity contribution in [3.8, 4) is 0 Å². The topological polar surface area (TPSA) is 111 Å². The molecule has 0 saturated carbocycles. The van der Waals surface area contributed by atoms with Crippen molar-refractivity contribution in [3.63, 3.8) is 0 Å². The maximum atomic E-state index is 12.0. The molecule has 0 aromatic heterocycles. The summed E-state index contributed by atoms with van der Waals surface area (Å²) >= 11 is 4.89. The van der Waals surface area contributed by atoms with Crippen LogP contribution in [0.3, 0.4) is 0 Å². The van der Waals surface area contributed by atoms with Crippen molar-refractivity contribution in [2.45, 2.75) is 19.4 Å². The first kappa shape index (κ1) is 20.3. The van der Waals surface area contributed by atoms with Crippen LogP contribution in [-0.4, -0.2) is 42.6 Å². The Morgan fingerprint density at radius 1 is 1.38 bits per heavy atom. The van der Waals surface area contributed by atoms with Gasteiger partial charge in [-0.2, -0.15) is 11.8 Å². The largest absolute Gasteiger partial charge is 0.454 e. The van der Waals surface area contributed by atoms with Gasteiger partial charge in [0.05, 0.1) is 0 Å². The van der Waals surface area contributed by atoms with E-state index in [0.29, 0.717) is 17.9 Å². The quantitative estimate of drug-likeness (QED) is 0.560. The number of urea groups is 1. The number of rotatable bonds is 8. The summed E-state index contributed by atoms with van der Waals surface area (Å²) in [4.78, 5) is 34.7. The third-order valence-corrected chi connectivity index (χ3v) is 4.53. The van der Waals surface area contributed by atoms with Gasteiger partial charge >= 0.3 is 12.0 Å². The van der Waals surface area contributed by atoms with Crippen LogP contribution in [0.1, 0.15) is 12.0 Å². The van der Waals surface area contributed by atoms with Crippen LogP contribution < -0.4 is 16.4 Å². The van der Waals surface area contributed by atoms with Gasteiger partial charge in [-0.15, -0.1) is 0 Å². The number of aryl methyl sites for hydroxylation is 1. The molecule has 7 nitrogen and oxygen atoms in total. The number of hydrogen-bond donors (Lipinski definition) is 3. The second-order valence-electron chi connectivity index (χ2n) is 4.96. The van der Waals surface area contributed by atoms with Crippen LogP contribution in [0, 0.1) is 6.92 Å². The van der Waals surface area contributed by atoms with Crippen molar-refractivity contribution in [1.82, 2.24) is 5.32 Å². The SMILES string of the molecule is CSCC[C@@H](NC(N)=O)C(=O)OCC(=O)Nc1ccc(Br)c(C)c1. The van der Waals surface area contributed by atoms with E-state index in [-0.39, 0.29) is 0 Å². The van der Waals surface area contributed by atoms with Crippen LogP contribution in [0.2, 0.25) is 0 Å². The molecule has 0 aliphatic heterocycles. The molecule has 1 rings (SSSR count). The lowest BCUT2D eigenvalue weighted by Gasteiger charge is -2.16. The molecule has 3 amide bonds. The number of carbonyl (C=O) groups excluding carboxylic acids is 3. The number of ether oxygens (including phenoxy) is 1. The van der Waals surface area contributed by atoms with E-state index >= 15 is 0 Å². The number of amides is 3. The van der Waals surface area contributed by atoms with Gasteiger partial charge in [0.2, 0.25) is 0 Å². The van der Waals surface area contributed by atoms with Crippen molar-refractivity contribution in [2.24, 2.45) is 5.73 Å². The predicted molar refractivity (Wildman–Crippen MR) is 98.0 cm³/mol. The number of halogens is 1. The van der Waals surface area contributed by atoms with Gasteiger partial charge in [0.25, 0.3) is 5.91 Å².